The summed E-state index contributed by atoms with van der Waals surface area (Å²) < 4.78 is 28.4. The lowest BCUT2D eigenvalue weighted by Gasteiger charge is -2.44. The minimum absolute atomic E-state index is 0.294. The first-order valence-electron chi connectivity index (χ1n) is 9.39. The van der Waals surface area contributed by atoms with E-state index in [0.29, 0.717) is 5.75 Å². The van der Waals surface area contributed by atoms with E-state index >= 15 is 0 Å². The summed E-state index contributed by atoms with van der Waals surface area (Å²) in [4.78, 5) is 46.7. The van der Waals surface area contributed by atoms with Crippen molar-refractivity contribution in [3.05, 3.63) is 28.7 Å². The fourth-order valence-electron chi connectivity index (χ4n) is 3.04. The lowest BCUT2D eigenvalue weighted by molar-refractivity contribution is -0.257. The molecule has 0 bridgehead atoms. The lowest BCUT2D eigenvalue weighted by atomic mass is 9.96. The SMILES string of the molecule is CC(=O)N[C@@H]1[C@H](Oc2ccc(Br)cc2)O[C@@H](COC(C)=O)[C@@H](OC(C)=O)[C@@H]1OC(C)=O. The van der Waals surface area contributed by atoms with Crippen LogP contribution in [0.1, 0.15) is 27.7 Å². The molecule has 1 amide bonds. The molecule has 2 rings (SSSR count). The van der Waals surface area contributed by atoms with Gasteiger partial charge in [0.1, 0.15) is 24.5 Å². The van der Waals surface area contributed by atoms with Crippen LogP contribution < -0.4 is 10.1 Å². The molecule has 1 saturated heterocycles. The Kier molecular flexibility index (Phi) is 8.81. The minimum Gasteiger partial charge on any atom is -0.463 e. The van der Waals surface area contributed by atoms with Crippen molar-refractivity contribution in [2.75, 3.05) is 6.61 Å². The number of carbonyl (C=O) groups excluding carboxylic acids is 4. The number of esters is 3. The number of carbonyl (C=O) groups is 4. The average Bonchev–Trinajstić information content (AvgIpc) is 2.65. The van der Waals surface area contributed by atoms with E-state index in [9.17, 15) is 19.2 Å². The van der Waals surface area contributed by atoms with Gasteiger partial charge in [-0.25, -0.2) is 0 Å². The fraction of sp³-hybridized carbons (Fsp3) is 0.500. The van der Waals surface area contributed by atoms with Gasteiger partial charge in [0.15, 0.2) is 12.2 Å². The standard InChI is InChI=1S/C20H24BrNO9/c1-10(23)22-17-19(29-13(4)26)18(28-12(3)25)16(9-27-11(2)24)31-20(17)30-15-7-5-14(21)6-8-15/h5-8,16-20H,9H2,1-4H3,(H,22,23)/t16-,17-,18+,19+,20+/m0/s1. The van der Waals surface area contributed by atoms with Crippen LogP contribution in [-0.4, -0.2) is 61.1 Å². The molecule has 1 aliphatic rings. The Hall–Kier alpha value is -2.66. The zero-order chi connectivity index (χ0) is 23.1. The quantitative estimate of drug-likeness (QED) is 0.436. The molecule has 0 unspecified atom stereocenters. The van der Waals surface area contributed by atoms with Gasteiger partial charge in [-0.2, -0.15) is 0 Å². The van der Waals surface area contributed by atoms with Crippen LogP contribution in [0.25, 0.3) is 0 Å². The number of nitrogens with one attached hydrogen (secondary N) is 1. The van der Waals surface area contributed by atoms with Gasteiger partial charge in [-0.1, -0.05) is 15.9 Å². The van der Waals surface area contributed by atoms with Crippen LogP contribution in [0.3, 0.4) is 0 Å². The smallest absolute Gasteiger partial charge is 0.303 e. The maximum absolute atomic E-state index is 11.9. The van der Waals surface area contributed by atoms with Gasteiger partial charge in [0.05, 0.1) is 0 Å². The summed E-state index contributed by atoms with van der Waals surface area (Å²) >= 11 is 3.33. The number of amides is 1. The molecule has 0 radical (unpaired) electrons. The van der Waals surface area contributed by atoms with Gasteiger partial charge in [0, 0.05) is 32.2 Å². The van der Waals surface area contributed by atoms with E-state index in [0.717, 1.165) is 4.47 Å². The second-order valence-electron chi connectivity index (χ2n) is 6.79. The third-order valence-electron chi connectivity index (χ3n) is 4.14. The topological polar surface area (TPSA) is 126 Å². The maximum Gasteiger partial charge on any atom is 0.303 e. The Morgan fingerprint density at radius 1 is 0.935 bits per heavy atom. The summed E-state index contributed by atoms with van der Waals surface area (Å²) in [6.07, 6.45) is -4.51. The highest BCUT2D eigenvalue weighted by atomic mass is 79.9. The molecule has 0 spiro atoms. The maximum atomic E-state index is 11.9. The lowest BCUT2D eigenvalue weighted by Crippen LogP contribution is -2.67. The molecule has 1 aliphatic heterocycles. The van der Waals surface area contributed by atoms with Crippen molar-refractivity contribution in [2.45, 2.75) is 58.3 Å². The number of benzene rings is 1. The molecular formula is C20H24BrNO9. The number of halogens is 1. The highest BCUT2D eigenvalue weighted by molar-refractivity contribution is 9.10. The number of rotatable bonds is 7. The van der Waals surface area contributed by atoms with Gasteiger partial charge >= 0.3 is 17.9 Å². The Morgan fingerprint density at radius 3 is 2.03 bits per heavy atom. The first-order valence-corrected chi connectivity index (χ1v) is 10.2. The van der Waals surface area contributed by atoms with Gasteiger partial charge in [0.2, 0.25) is 12.2 Å². The molecule has 1 aromatic carbocycles. The predicted molar refractivity (Wildman–Crippen MR) is 109 cm³/mol. The van der Waals surface area contributed by atoms with Crippen molar-refractivity contribution < 1.29 is 42.9 Å². The van der Waals surface area contributed by atoms with E-state index in [2.05, 4.69) is 21.2 Å². The van der Waals surface area contributed by atoms with E-state index < -0.39 is 54.5 Å². The van der Waals surface area contributed by atoms with E-state index in [4.69, 9.17) is 23.7 Å². The summed E-state index contributed by atoms with van der Waals surface area (Å²) in [6.45, 7) is 4.54. The second-order valence-corrected chi connectivity index (χ2v) is 7.71. The summed E-state index contributed by atoms with van der Waals surface area (Å²) in [5.41, 5.74) is 0. The highest BCUT2D eigenvalue weighted by Crippen LogP contribution is 2.29. The molecule has 170 valence electrons. The zero-order valence-electron chi connectivity index (χ0n) is 17.5. The summed E-state index contributed by atoms with van der Waals surface area (Å²) in [5, 5.41) is 2.63. The van der Waals surface area contributed by atoms with Crippen LogP contribution in [0.2, 0.25) is 0 Å². The molecular weight excluding hydrogens is 478 g/mol. The largest absolute Gasteiger partial charge is 0.463 e. The molecule has 1 fully saturated rings. The van der Waals surface area contributed by atoms with Crippen LogP contribution in [-0.2, 0) is 38.1 Å². The van der Waals surface area contributed by atoms with Gasteiger partial charge in [-0.3, -0.25) is 19.2 Å². The Morgan fingerprint density at radius 2 is 1.52 bits per heavy atom. The van der Waals surface area contributed by atoms with Crippen molar-refractivity contribution in [3.63, 3.8) is 0 Å². The molecule has 0 aliphatic carbocycles. The molecule has 31 heavy (non-hydrogen) atoms. The molecule has 1 heterocycles. The molecule has 11 heteroatoms. The minimum atomic E-state index is -1.17. The zero-order valence-corrected chi connectivity index (χ0v) is 19.0. The molecule has 10 nitrogen and oxygen atoms in total. The summed E-state index contributed by atoms with van der Waals surface area (Å²) in [6, 6.07) is 5.79. The van der Waals surface area contributed by atoms with Crippen molar-refractivity contribution in [2.24, 2.45) is 0 Å². The first-order chi connectivity index (χ1) is 14.6. The van der Waals surface area contributed by atoms with Crippen molar-refractivity contribution in [1.82, 2.24) is 5.32 Å². The van der Waals surface area contributed by atoms with Gasteiger partial charge < -0.3 is 29.0 Å². The highest BCUT2D eigenvalue weighted by Gasteiger charge is 2.51. The normalized spacial score (nSPS) is 25.1. The first kappa shape index (κ1) is 24.6. The molecule has 1 aromatic rings. The monoisotopic (exact) mass is 501 g/mol. The van der Waals surface area contributed by atoms with Crippen molar-refractivity contribution in [1.29, 1.82) is 0 Å². The number of ether oxygens (including phenoxy) is 5. The second kappa shape index (κ2) is 11.1. The van der Waals surface area contributed by atoms with E-state index in [-0.39, 0.29) is 6.61 Å². The summed E-state index contributed by atoms with van der Waals surface area (Å²) in [7, 11) is 0. The molecule has 1 N–H and O–H groups in total. The number of hydrogen-bond acceptors (Lipinski definition) is 9. The van der Waals surface area contributed by atoms with Crippen LogP contribution in [0.15, 0.2) is 28.7 Å². The fourth-order valence-corrected chi connectivity index (χ4v) is 3.30. The average molecular weight is 502 g/mol. The number of hydrogen-bond donors (Lipinski definition) is 1. The van der Waals surface area contributed by atoms with E-state index in [1.807, 2.05) is 0 Å². The Balaban J connectivity index is 2.43. The van der Waals surface area contributed by atoms with Crippen LogP contribution in [0, 0.1) is 0 Å². The van der Waals surface area contributed by atoms with Crippen molar-refractivity contribution in [3.8, 4) is 5.75 Å². The third-order valence-corrected chi connectivity index (χ3v) is 4.67. The van der Waals surface area contributed by atoms with Crippen LogP contribution >= 0.6 is 15.9 Å². The van der Waals surface area contributed by atoms with E-state index in [1.54, 1.807) is 24.3 Å². The third kappa shape index (κ3) is 7.51. The van der Waals surface area contributed by atoms with E-state index in [1.165, 1.54) is 27.7 Å². The molecule has 0 aromatic heterocycles. The molecule has 0 saturated carbocycles. The van der Waals surface area contributed by atoms with Crippen molar-refractivity contribution >= 4 is 39.7 Å². The van der Waals surface area contributed by atoms with Gasteiger partial charge in [-0.15, -0.1) is 0 Å². The Bertz CT molecular complexity index is 813. The van der Waals surface area contributed by atoms with Crippen LogP contribution in [0.4, 0.5) is 0 Å². The van der Waals surface area contributed by atoms with Gasteiger partial charge in [-0.05, 0) is 24.3 Å². The summed E-state index contributed by atoms with van der Waals surface area (Å²) in [5.74, 6) is -1.97. The predicted octanol–water partition coefficient (Wildman–Crippen LogP) is 1.48. The molecule has 5 atom stereocenters. The van der Waals surface area contributed by atoms with Crippen LogP contribution in [0.5, 0.6) is 5.75 Å². The Labute approximate surface area is 187 Å². The van der Waals surface area contributed by atoms with Gasteiger partial charge in [0.25, 0.3) is 0 Å².